The van der Waals surface area contributed by atoms with Gasteiger partial charge < -0.3 is 15.5 Å². The standard InChI is InChI=1S/C21H14ClF2N5O2S/c22-11-1-4-15(27-7-11)18(30)28-12-2-3-14(24)13(5-12)20(9-23)16-6-21(16,32-19(25)29-20)17-8-26-10-31-17/h1-8,10H,9H2,(H2,25,29)(H,28,30)/t20-,21+/m1/s1. The van der Waals surface area contributed by atoms with E-state index in [0.717, 1.165) is 6.07 Å². The zero-order valence-corrected chi connectivity index (χ0v) is 17.8. The topological polar surface area (TPSA) is 106 Å². The summed E-state index contributed by atoms with van der Waals surface area (Å²) in [6, 6.07) is 6.84. The number of rotatable bonds is 5. The summed E-state index contributed by atoms with van der Waals surface area (Å²) in [6.45, 7) is -1.04. The molecule has 11 heteroatoms. The minimum atomic E-state index is -1.69. The molecule has 1 aliphatic heterocycles. The largest absolute Gasteiger partial charge is 0.446 e. The lowest BCUT2D eigenvalue weighted by Crippen LogP contribution is -2.37. The summed E-state index contributed by atoms with van der Waals surface area (Å²) in [5.41, 5.74) is 5.15. The molecule has 3 aromatic rings. The van der Waals surface area contributed by atoms with Crippen LogP contribution in [0.5, 0.6) is 0 Å². The molecule has 7 nitrogen and oxygen atoms in total. The molecular weight excluding hydrogens is 460 g/mol. The molecule has 32 heavy (non-hydrogen) atoms. The predicted octanol–water partition coefficient (Wildman–Crippen LogP) is 4.18. The molecule has 3 N–H and O–H groups in total. The number of aliphatic imine (C=N–C) groups is 1. The number of nitrogens with two attached hydrogens (primary N) is 1. The first-order valence-corrected chi connectivity index (χ1v) is 10.5. The van der Waals surface area contributed by atoms with Crippen LogP contribution >= 0.6 is 23.4 Å². The highest BCUT2D eigenvalue weighted by Crippen LogP contribution is 2.65. The summed E-state index contributed by atoms with van der Waals surface area (Å²) in [4.78, 5) is 24.7. The molecule has 1 aliphatic carbocycles. The summed E-state index contributed by atoms with van der Waals surface area (Å²) < 4.78 is 34.2. The highest BCUT2D eigenvalue weighted by Gasteiger charge is 2.63. The molecule has 2 aromatic heterocycles. The van der Waals surface area contributed by atoms with Crippen molar-refractivity contribution in [2.24, 2.45) is 10.7 Å². The number of alkyl halides is 1. The van der Waals surface area contributed by atoms with Gasteiger partial charge in [-0.25, -0.2) is 23.7 Å². The maximum atomic E-state index is 15.0. The number of amides is 1. The van der Waals surface area contributed by atoms with Gasteiger partial charge in [-0.2, -0.15) is 0 Å². The highest BCUT2D eigenvalue weighted by atomic mass is 35.5. The predicted molar refractivity (Wildman–Crippen MR) is 117 cm³/mol. The SMILES string of the molecule is NC1=N[C@](CF)(c2cc(NC(=O)c3ccc(Cl)cn3)ccc2F)C2=C[C@]2(c2cnco2)S1. The fourth-order valence-electron chi connectivity index (χ4n) is 3.77. The Kier molecular flexibility index (Phi) is 4.79. The van der Waals surface area contributed by atoms with Crippen LogP contribution in [0.15, 0.2) is 70.2 Å². The molecule has 5 rings (SSSR count). The molecule has 0 saturated carbocycles. The van der Waals surface area contributed by atoms with E-state index in [1.165, 1.54) is 54.8 Å². The van der Waals surface area contributed by atoms with Crippen LogP contribution < -0.4 is 11.1 Å². The van der Waals surface area contributed by atoms with E-state index in [-0.39, 0.29) is 22.1 Å². The molecule has 0 unspecified atom stereocenters. The second-order valence-electron chi connectivity index (χ2n) is 7.22. The third kappa shape index (κ3) is 3.18. The van der Waals surface area contributed by atoms with Gasteiger partial charge in [0.1, 0.15) is 34.2 Å². The number of thioether (sulfide) groups is 1. The average molecular weight is 474 g/mol. The third-order valence-electron chi connectivity index (χ3n) is 5.30. The number of amidine groups is 1. The third-order valence-corrected chi connectivity index (χ3v) is 6.68. The number of benzene rings is 1. The summed E-state index contributed by atoms with van der Waals surface area (Å²) in [5.74, 6) is -0.766. The molecule has 1 aromatic carbocycles. The van der Waals surface area contributed by atoms with Gasteiger partial charge >= 0.3 is 0 Å². The number of hydrogen-bond acceptors (Lipinski definition) is 7. The zero-order valence-electron chi connectivity index (χ0n) is 16.2. The first-order chi connectivity index (χ1) is 15.4. The van der Waals surface area contributed by atoms with E-state index in [1.54, 1.807) is 6.08 Å². The van der Waals surface area contributed by atoms with Crippen LogP contribution in [-0.4, -0.2) is 27.7 Å². The van der Waals surface area contributed by atoms with E-state index >= 15 is 0 Å². The normalized spacial score (nSPS) is 23.7. The fraction of sp³-hybridized carbons (Fsp3) is 0.143. The Bertz CT molecular complexity index is 1280. The lowest BCUT2D eigenvalue weighted by Gasteiger charge is -2.34. The van der Waals surface area contributed by atoms with Gasteiger partial charge in [0.05, 0.1) is 11.2 Å². The van der Waals surface area contributed by atoms with Crippen molar-refractivity contribution >= 4 is 40.1 Å². The number of hydrogen-bond donors (Lipinski definition) is 2. The molecule has 0 fully saturated rings. The van der Waals surface area contributed by atoms with Crippen molar-refractivity contribution in [3.8, 4) is 0 Å². The van der Waals surface area contributed by atoms with Crippen molar-refractivity contribution in [1.29, 1.82) is 0 Å². The smallest absolute Gasteiger partial charge is 0.274 e. The molecule has 0 saturated heterocycles. The summed E-state index contributed by atoms with van der Waals surface area (Å²) >= 11 is 6.97. The van der Waals surface area contributed by atoms with Crippen LogP contribution in [0.3, 0.4) is 0 Å². The Morgan fingerprint density at radius 2 is 2.12 bits per heavy atom. The molecule has 3 heterocycles. The number of carbonyl (C=O) groups is 1. The Hall–Kier alpha value is -3.24. The van der Waals surface area contributed by atoms with Crippen LogP contribution in [0.25, 0.3) is 0 Å². The number of anilines is 1. The van der Waals surface area contributed by atoms with E-state index in [4.69, 9.17) is 21.8 Å². The number of halogens is 3. The lowest BCUT2D eigenvalue weighted by molar-refractivity contribution is 0.102. The Morgan fingerprint density at radius 3 is 2.81 bits per heavy atom. The summed E-state index contributed by atoms with van der Waals surface area (Å²) in [7, 11) is 0. The van der Waals surface area contributed by atoms with Crippen LogP contribution in [0, 0.1) is 5.82 Å². The van der Waals surface area contributed by atoms with Gasteiger partial charge in [-0.05, 0) is 35.9 Å². The minimum Gasteiger partial charge on any atom is -0.446 e. The van der Waals surface area contributed by atoms with Crippen molar-refractivity contribution < 1.29 is 18.0 Å². The van der Waals surface area contributed by atoms with Gasteiger partial charge in [0.2, 0.25) is 0 Å². The van der Waals surface area contributed by atoms with Gasteiger partial charge in [-0.15, -0.1) is 0 Å². The lowest BCUT2D eigenvalue weighted by atomic mass is 9.85. The van der Waals surface area contributed by atoms with Gasteiger partial charge in [-0.3, -0.25) is 4.79 Å². The van der Waals surface area contributed by atoms with Crippen LogP contribution in [0.2, 0.25) is 5.02 Å². The Balaban J connectivity index is 1.52. The first kappa shape index (κ1) is 20.7. The number of nitrogens with one attached hydrogen (secondary N) is 1. The maximum absolute atomic E-state index is 15.0. The van der Waals surface area contributed by atoms with E-state index in [1.807, 2.05) is 0 Å². The summed E-state index contributed by atoms with van der Waals surface area (Å²) in [6.07, 6.45) is 5.84. The van der Waals surface area contributed by atoms with Crippen LogP contribution in [-0.2, 0) is 10.3 Å². The van der Waals surface area contributed by atoms with Crippen LogP contribution in [0.4, 0.5) is 14.5 Å². The van der Waals surface area contributed by atoms with Crippen molar-refractivity contribution in [2.45, 2.75) is 10.3 Å². The molecule has 2 atom stereocenters. The van der Waals surface area contributed by atoms with E-state index < -0.39 is 28.7 Å². The average Bonchev–Trinajstić information content (AvgIpc) is 3.26. The van der Waals surface area contributed by atoms with Crippen molar-refractivity contribution in [2.75, 3.05) is 12.0 Å². The highest BCUT2D eigenvalue weighted by molar-refractivity contribution is 8.15. The molecule has 1 amide bonds. The summed E-state index contributed by atoms with van der Waals surface area (Å²) in [5, 5.41) is 3.10. The second kappa shape index (κ2) is 7.42. The van der Waals surface area contributed by atoms with E-state index in [2.05, 4.69) is 20.3 Å². The quantitative estimate of drug-likeness (QED) is 0.538. The number of oxazole rings is 1. The number of nitrogens with zero attached hydrogens (tertiary/aromatic N) is 3. The Morgan fingerprint density at radius 1 is 1.28 bits per heavy atom. The zero-order chi connectivity index (χ0) is 22.5. The molecule has 2 aliphatic rings. The van der Waals surface area contributed by atoms with Gasteiger partial charge in [0, 0.05) is 17.4 Å². The van der Waals surface area contributed by atoms with Crippen LogP contribution in [0.1, 0.15) is 21.8 Å². The van der Waals surface area contributed by atoms with Crippen molar-refractivity contribution in [3.05, 3.63) is 88.6 Å². The van der Waals surface area contributed by atoms with Gasteiger partial charge in [-0.1, -0.05) is 29.4 Å². The molecule has 162 valence electrons. The fourth-order valence-corrected chi connectivity index (χ4v) is 5.07. The maximum Gasteiger partial charge on any atom is 0.274 e. The number of aromatic nitrogens is 2. The van der Waals surface area contributed by atoms with Crippen molar-refractivity contribution in [1.82, 2.24) is 9.97 Å². The van der Waals surface area contributed by atoms with Gasteiger partial charge in [0.15, 0.2) is 11.6 Å². The second-order valence-corrected chi connectivity index (χ2v) is 8.92. The monoisotopic (exact) mass is 473 g/mol. The molecular formula is C21H14ClF2N5O2S. The van der Waals surface area contributed by atoms with E-state index in [9.17, 15) is 13.6 Å². The molecule has 0 spiro atoms. The van der Waals surface area contributed by atoms with Gasteiger partial charge in [0.25, 0.3) is 5.91 Å². The van der Waals surface area contributed by atoms with Crippen molar-refractivity contribution in [3.63, 3.8) is 0 Å². The first-order valence-electron chi connectivity index (χ1n) is 9.34. The molecule has 0 bridgehead atoms. The molecule has 0 radical (unpaired) electrons. The number of fused-ring (bicyclic) bond motifs is 1. The number of pyridine rings is 1. The number of carbonyl (C=O) groups excluding carboxylic acids is 1. The Labute approximate surface area is 189 Å². The van der Waals surface area contributed by atoms with E-state index in [0.29, 0.717) is 16.4 Å². The minimum absolute atomic E-state index is 0.0576.